The molecule has 2 aliphatic heterocycles. The van der Waals surface area contributed by atoms with Gasteiger partial charge in [0.25, 0.3) is 0 Å². The van der Waals surface area contributed by atoms with E-state index in [1.807, 2.05) is 0 Å². The third kappa shape index (κ3) is 3.67. The summed E-state index contributed by atoms with van der Waals surface area (Å²) in [5, 5.41) is 9.28. The van der Waals surface area contributed by atoms with E-state index in [0.29, 0.717) is 12.5 Å². The molecule has 3 heteroatoms. The minimum atomic E-state index is 0.380. The standard InChI is InChI=1S/C14H28N2O/c1-2-7-15-9-5-14(6-10-15)16-8-3-4-13(11-16)12-17/h13-14,17H,2-12H2,1H3/t13-/m1/s1. The van der Waals surface area contributed by atoms with Crippen LogP contribution in [0.4, 0.5) is 0 Å². The average Bonchev–Trinajstić information content (AvgIpc) is 2.40. The lowest BCUT2D eigenvalue weighted by Crippen LogP contribution is -2.49. The molecule has 0 saturated carbocycles. The normalized spacial score (nSPS) is 29.6. The van der Waals surface area contributed by atoms with E-state index in [9.17, 15) is 5.11 Å². The smallest absolute Gasteiger partial charge is 0.0471 e. The predicted octanol–water partition coefficient (Wildman–Crippen LogP) is 1.57. The first-order valence-corrected chi connectivity index (χ1v) is 7.40. The maximum atomic E-state index is 9.28. The molecule has 0 aliphatic carbocycles. The van der Waals surface area contributed by atoms with Crippen molar-refractivity contribution in [3.05, 3.63) is 0 Å². The number of nitrogens with zero attached hydrogens (tertiary/aromatic N) is 2. The predicted molar refractivity (Wildman–Crippen MR) is 71.1 cm³/mol. The van der Waals surface area contributed by atoms with E-state index < -0.39 is 0 Å². The Hall–Kier alpha value is -0.120. The highest BCUT2D eigenvalue weighted by Crippen LogP contribution is 2.23. The Bertz CT molecular complexity index is 214. The van der Waals surface area contributed by atoms with Crippen LogP contribution in [0.3, 0.4) is 0 Å². The highest BCUT2D eigenvalue weighted by Gasteiger charge is 2.28. The second-order valence-electron chi connectivity index (χ2n) is 5.76. The average molecular weight is 240 g/mol. The van der Waals surface area contributed by atoms with Gasteiger partial charge in [0.2, 0.25) is 0 Å². The van der Waals surface area contributed by atoms with E-state index in [2.05, 4.69) is 16.7 Å². The van der Waals surface area contributed by atoms with E-state index in [0.717, 1.165) is 12.6 Å². The molecule has 2 rings (SSSR count). The third-order valence-electron chi connectivity index (χ3n) is 4.42. The highest BCUT2D eigenvalue weighted by molar-refractivity contribution is 4.83. The first-order chi connectivity index (χ1) is 8.33. The summed E-state index contributed by atoms with van der Waals surface area (Å²) in [6.45, 7) is 8.86. The molecule has 2 saturated heterocycles. The zero-order chi connectivity index (χ0) is 12.1. The molecule has 2 fully saturated rings. The number of hydrogen-bond acceptors (Lipinski definition) is 3. The molecule has 0 aromatic rings. The highest BCUT2D eigenvalue weighted by atomic mass is 16.3. The first-order valence-electron chi connectivity index (χ1n) is 7.40. The molecule has 0 aromatic carbocycles. The van der Waals surface area contributed by atoms with Crippen LogP contribution in [0.1, 0.15) is 39.0 Å². The summed E-state index contributed by atoms with van der Waals surface area (Å²) in [4.78, 5) is 5.25. The summed E-state index contributed by atoms with van der Waals surface area (Å²) in [5.74, 6) is 0.539. The second-order valence-corrected chi connectivity index (χ2v) is 5.76. The molecule has 2 heterocycles. The van der Waals surface area contributed by atoms with Gasteiger partial charge in [-0.05, 0) is 64.2 Å². The van der Waals surface area contributed by atoms with E-state index in [4.69, 9.17) is 0 Å². The van der Waals surface area contributed by atoms with Gasteiger partial charge < -0.3 is 10.0 Å². The van der Waals surface area contributed by atoms with Gasteiger partial charge >= 0.3 is 0 Å². The minimum absolute atomic E-state index is 0.380. The molecule has 0 amide bonds. The van der Waals surface area contributed by atoms with E-state index >= 15 is 0 Å². The molecule has 0 spiro atoms. The molecule has 2 aliphatic rings. The van der Waals surface area contributed by atoms with Crippen molar-refractivity contribution in [2.24, 2.45) is 5.92 Å². The molecular formula is C14H28N2O. The van der Waals surface area contributed by atoms with Gasteiger partial charge in [-0.3, -0.25) is 4.90 Å². The lowest BCUT2D eigenvalue weighted by Gasteiger charge is -2.42. The largest absolute Gasteiger partial charge is 0.396 e. The lowest BCUT2D eigenvalue weighted by atomic mass is 9.94. The van der Waals surface area contributed by atoms with Crippen LogP contribution in [0, 0.1) is 5.92 Å². The molecule has 1 N–H and O–H groups in total. The molecule has 0 unspecified atom stereocenters. The van der Waals surface area contributed by atoms with Crippen LogP contribution in [-0.2, 0) is 0 Å². The molecule has 1 atom stereocenters. The van der Waals surface area contributed by atoms with Gasteiger partial charge in [0.15, 0.2) is 0 Å². The van der Waals surface area contributed by atoms with Crippen LogP contribution in [-0.4, -0.2) is 60.3 Å². The molecule has 3 nitrogen and oxygen atoms in total. The number of aliphatic hydroxyl groups excluding tert-OH is 1. The SMILES string of the molecule is CCCN1CCC(N2CCC[C@@H](CO)C2)CC1. The molecular weight excluding hydrogens is 212 g/mol. The molecule has 0 radical (unpaired) electrons. The zero-order valence-electron chi connectivity index (χ0n) is 11.3. The van der Waals surface area contributed by atoms with Crippen molar-refractivity contribution in [1.29, 1.82) is 0 Å². The van der Waals surface area contributed by atoms with Gasteiger partial charge in [0, 0.05) is 19.2 Å². The van der Waals surface area contributed by atoms with Crippen LogP contribution >= 0.6 is 0 Å². The van der Waals surface area contributed by atoms with Crippen LogP contribution in [0.25, 0.3) is 0 Å². The first kappa shape index (κ1) is 13.3. The zero-order valence-corrected chi connectivity index (χ0v) is 11.3. The monoisotopic (exact) mass is 240 g/mol. The van der Waals surface area contributed by atoms with Crippen LogP contribution < -0.4 is 0 Å². The summed E-state index contributed by atoms with van der Waals surface area (Å²) < 4.78 is 0. The summed E-state index contributed by atoms with van der Waals surface area (Å²) in [7, 11) is 0. The van der Waals surface area contributed by atoms with E-state index in [-0.39, 0.29) is 0 Å². The Morgan fingerprint density at radius 1 is 1.12 bits per heavy atom. The van der Waals surface area contributed by atoms with Gasteiger partial charge in [-0.1, -0.05) is 6.92 Å². The Balaban J connectivity index is 1.76. The Labute approximate surface area is 106 Å². The van der Waals surface area contributed by atoms with Crippen molar-refractivity contribution >= 4 is 0 Å². The number of hydrogen-bond donors (Lipinski definition) is 1. The van der Waals surface area contributed by atoms with Gasteiger partial charge in [-0.25, -0.2) is 0 Å². The van der Waals surface area contributed by atoms with Crippen molar-refractivity contribution < 1.29 is 5.11 Å². The van der Waals surface area contributed by atoms with Gasteiger partial charge in [-0.2, -0.15) is 0 Å². The molecule has 17 heavy (non-hydrogen) atoms. The number of piperidine rings is 2. The van der Waals surface area contributed by atoms with Crippen molar-refractivity contribution in [3.63, 3.8) is 0 Å². The second kappa shape index (κ2) is 6.72. The Kier molecular flexibility index (Phi) is 5.26. The fourth-order valence-electron chi connectivity index (χ4n) is 3.40. The Morgan fingerprint density at radius 2 is 1.88 bits per heavy atom. The topological polar surface area (TPSA) is 26.7 Å². The van der Waals surface area contributed by atoms with Crippen molar-refractivity contribution in [1.82, 2.24) is 9.80 Å². The molecule has 0 bridgehead atoms. The summed E-state index contributed by atoms with van der Waals surface area (Å²) in [5.41, 5.74) is 0. The maximum Gasteiger partial charge on any atom is 0.0471 e. The van der Waals surface area contributed by atoms with Crippen LogP contribution in [0.15, 0.2) is 0 Å². The van der Waals surface area contributed by atoms with Crippen molar-refractivity contribution in [2.75, 3.05) is 39.3 Å². The summed E-state index contributed by atoms with van der Waals surface area (Å²) in [6, 6.07) is 0.789. The maximum absolute atomic E-state index is 9.28. The van der Waals surface area contributed by atoms with Gasteiger partial charge in [0.05, 0.1) is 0 Å². The van der Waals surface area contributed by atoms with E-state index in [1.165, 1.54) is 58.3 Å². The number of aliphatic hydroxyl groups is 1. The Morgan fingerprint density at radius 3 is 2.53 bits per heavy atom. The van der Waals surface area contributed by atoms with Gasteiger partial charge in [0.1, 0.15) is 0 Å². The lowest BCUT2D eigenvalue weighted by molar-refractivity contribution is 0.0543. The fourth-order valence-corrected chi connectivity index (χ4v) is 3.40. The van der Waals surface area contributed by atoms with Crippen LogP contribution in [0.5, 0.6) is 0 Å². The number of likely N-dealkylation sites (tertiary alicyclic amines) is 2. The van der Waals surface area contributed by atoms with Crippen molar-refractivity contribution in [2.45, 2.75) is 45.1 Å². The summed E-state index contributed by atoms with van der Waals surface area (Å²) >= 11 is 0. The number of rotatable bonds is 4. The van der Waals surface area contributed by atoms with E-state index in [1.54, 1.807) is 0 Å². The van der Waals surface area contributed by atoms with Crippen LogP contribution in [0.2, 0.25) is 0 Å². The third-order valence-corrected chi connectivity index (χ3v) is 4.42. The molecule has 100 valence electrons. The quantitative estimate of drug-likeness (QED) is 0.808. The summed E-state index contributed by atoms with van der Waals surface area (Å²) in [6.07, 6.45) is 6.44. The molecule has 0 aromatic heterocycles. The van der Waals surface area contributed by atoms with Crippen molar-refractivity contribution in [3.8, 4) is 0 Å². The fraction of sp³-hybridized carbons (Fsp3) is 1.00. The van der Waals surface area contributed by atoms with Gasteiger partial charge in [-0.15, -0.1) is 0 Å². The minimum Gasteiger partial charge on any atom is -0.396 e.